The van der Waals surface area contributed by atoms with E-state index in [-0.39, 0.29) is 17.5 Å². The number of hydrogen-bond acceptors (Lipinski definition) is 7. The summed E-state index contributed by atoms with van der Waals surface area (Å²) in [4.78, 5) is 21.0. The fraction of sp³-hybridized carbons (Fsp3) is 0.375. The summed E-state index contributed by atoms with van der Waals surface area (Å²) in [5.74, 6) is 0.284. The van der Waals surface area contributed by atoms with Crippen molar-refractivity contribution in [3.63, 3.8) is 0 Å². The quantitative estimate of drug-likeness (QED) is 0.141. The van der Waals surface area contributed by atoms with Gasteiger partial charge in [-0.15, -0.1) is 11.3 Å². The van der Waals surface area contributed by atoms with Crippen LogP contribution in [0.1, 0.15) is 51.0 Å². The number of phenols is 1. The van der Waals surface area contributed by atoms with Crippen LogP contribution in [0.2, 0.25) is 0 Å². The summed E-state index contributed by atoms with van der Waals surface area (Å²) in [6.45, 7) is 2.71. The van der Waals surface area contributed by atoms with Crippen LogP contribution < -0.4 is 0 Å². The van der Waals surface area contributed by atoms with Crippen LogP contribution in [-0.4, -0.2) is 34.6 Å². The van der Waals surface area contributed by atoms with E-state index in [0.29, 0.717) is 12.2 Å². The number of esters is 1. The third kappa shape index (κ3) is 7.67. The van der Waals surface area contributed by atoms with Crippen LogP contribution in [0.4, 0.5) is 5.69 Å². The zero-order valence-corrected chi connectivity index (χ0v) is 19.4. The van der Waals surface area contributed by atoms with E-state index in [1.807, 2.05) is 30.3 Å². The number of para-hydroxylation sites is 1. The standard InChI is InChI=1S/C24H28N2O3S2/c1-2-3-4-5-6-9-14-29-23(28)17-30-24-26-20-13-12-19(15-22(20)31-24)25-16-18-10-7-8-11-21(18)27/h7-8,10-13,15-16,27H,2-6,9,14,17H2,1H3. The second-order valence-electron chi connectivity index (χ2n) is 7.23. The normalized spacial score (nSPS) is 11.4. The van der Waals surface area contributed by atoms with Gasteiger partial charge in [0.15, 0.2) is 4.34 Å². The number of phenolic OH excluding ortho intramolecular Hbond substituents is 1. The molecule has 164 valence electrons. The van der Waals surface area contributed by atoms with E-state index in [0.717, 1.165) is 33.1 Å². The Balaban J connectivity index is 1.47. The van der Waals surface area contributed by atoms with Crippen LogP contribution in [0, 0.1) is 0 Å². The van der Waals surface area contributed by atoms with Gasteiger partial charge in [0.2, 0.25) is 0 Å². The van der Waals surface area contributed by atoms with Crippen LogP contribution in [-0.2, 0) is 9.53 Å². The van der Waals surface area contributed by atoms with Crippen molar-refractivity contribution in [1.82, 2.24) is 4.98 Å². The molecule has 0 spiro atoms. The van der Waals surface area contributed by atoms with E-state index in [2.05, 4.69) is 16.9 Å². The summed E-state index contributed by atoms with van der Waals surface area (Å²) in [5, 5.41) is 9.84. The van der Waals surface area contributed by atoms with Gasteiger partial charge in [-0.25, -0.2) is 4.98 Å². The molecule has 0 saturated carbocycles. The van der Waals surface area contributed by atoms with Gasteiger partial charge in [0, 0.05) is 11.8 Å². The number of aromatic nitrogens is 1. The first-order valence-electron chi connectivity index (χ1n) is 10.7. The zero-order valence-electron chi connectivity index (χ0n) is 17.8. The van der Waals surface area contributed by atoms with E-state index in [1.165, 1.54) is 48.8 Å². The largest absolute Gasteiger partial charge is 0.507 e. The van der Waals surface area contributed by atoms with E-state index < -0.39 is 0 Å². The number of thiazole rings is 1. The van der Waals surface area contributed by atoms with Crippen molar-refractivity contribution < 1.29 is 14.6 Å². The predicted octanol–water partition coefficient (Wildman–Crippen LogP) is 6.75. The molecule has 0 atom stereocenters. The summed E-state index contributed by atoms with van der Waals surface area (Å²) in [6, 6.07) is 12.9. The number of unbranched alkanes of at least 4 members (excludes halogenated alkanes) is 5. The Bertz CT molecular complexity index is 1020. The highest BCUT2D eigenvalue weighted by Crippen LogP contribution is 2.32. The molecular formula is C24H28N2O3S2. The summed E-state index contributed by atoms with van der Waals surface area (Å²) < 4.78 is 7.17. The van der Waals surface area contributed by atoms with E-state index in [1.54, 1.807) is 18.3 Å². The number of rotatable bonds is 12. The molecule has 0 aliphatic rings. The van der Waals surface area contributed by atoms with Gasteiger partial charge in [0.25, 0.3) is 0 Å². The van der Waals surface area contributed by atoms with Crippen molar-refractivity contribution in [1.29, 1.82) is 0 Å². The number of hydrogen-bond donors (Lipinski definition) is 1. The van der Waals surface area contributed by atoms with Gasteiger partial charge >= 0.3 is 5.97 Å². The number of aliphatic imine (C=N–C) groups is 1. The molecule has 1 aromatic heterocycles. The molecule has 0 bridgehead atoms. The minimum atomic E-state index is -0.189. The second-order valence-corrected chi connectivity index (χ2v) is 9.48. The topological polar surface area (TPSA) is 71.8 Å². The molecule has 3 aromatic rings. The van der Waals surface area contributed by atoms with Gasteiger partial charge < -0.3 is 9.84 Å². The van der Waals surface area contributed by atoms with Crippen molar-refractivity contribution in [3.05, 3.63) is 48.0 Å². The number of thioether (sulfide) groups is 1. The Morgan fingerprint density at radius 2 is 1.97 bits per heavy atom. The lowest BCUT2D eigenvalue weighted by Gasteiger charge is -2.03. The van der Waals surface area contributed by atoms with Crippen LogP contribution in [0.15, 0.2) is 51.8 Å². The summed E-state index contributed by atoms with van der Waals surface area (Å²) in [5.41, 5.74) is 2.34. The number of carbonyl (C=O) groups is 1. The smallest absolute Gasteiger partial charge is 0.316 e. The number of nitrogens with zero attached hydrogens (tertiary/aromatic N) is 2. The van der Waals surface area contributed by atoms with Crippen LogP contribution in [0.5, 0.6) is 5.75 Å². The zero-order chi connectivity index (χ0) is 21.9. The van der Waals surface area contributed by atoms with E-state index in [9.17, 15) is 9.90 Å². The van der Waals surface area contributed by atoms with Crippen molar-refractivity contribution in [2.75, 3.05) is 12.4 Å². The molecule has 0 unspecified atom stereocenters. The van der Waals surface area contributed by atoms with Crippen molar-refractivity contribution in [3.8, 4) is 5.75 Å². The van der Waals surface area contributed by atoms with Crippen molar-refractivity contribution in [2.24, 2.45) is 4.99 Å². The molecule has 1 N–H and O–H groups in total. The average Bonchev–Trinajstić information content (AvgIpc) is 3.19. The first kappa shape index (κ1) is 23.3. The summed E-state index contributed by atoms with van der Waals surface area (Å²) in [7, 11) is 0. The fourth-order valence-electron chi connectivity index (χ4n) is 3.01. The Labute approximate surface area is 191 Å². The molecule has 3 rings (SSSR count). The number of benzene rings is 2. The molecule has 0 saturated heterocycles. The van der Waals surface area contributed by atoms with Crippen molar-refractivity contribution >= 4 is 51.2 Å². The fourth-order valence-corrected chi connectivity index (χ4v) is 4.91. The third-order valence-electron chi connectivity index (χ3n) is 4.72. The highest BCUT2D eigenvalue weighted by atomic mass is 32.2. The first-order chi connectivity index (χ1) is 15.2. The minimum absolute atomic E-state index is 0.189. The highest BCUT2D eigenvalue weighted by molar-refractivity contribution is 8.01. The number of ether oxygens (including phenoxy) is 1. The molecular weight excluding hydrogens is 428 g/mol. The second kappa shape index (κ2) is 12.5. The van der Waals surface area contributed by atoms with E-state index >= 15 is 0 Å². The summed E-state index contributed by atoms with van der Waals surface area (Å²) in [6.07, 6.45) is 8.70. The molecule has 0 aliphatic carbocycles. The van der Waals surface area contributed by atoms with Gasteiger partial charge in [-0.05, 0) is 36.8 Å². The SMILES string of the molecule is CCCCCCCCOC(=O)CSc1nc2ccc(N=Cc3ccccc3O)cc2s1. The molecule has 0 amide bonds. The van der Waals surface area contributed by atoms with Gasteiger partial charge in [-0.2, -0.15) is 0 Å². The molecule has 0 radical (unpaired) electrons. The van der Waals surface area contributed by atoms with Crippen LogP contribution in [0.25, 0.3) is 10.2 Å². The third-order valence-corrected chi connectivity index (χ3v) is 6.85. The van der Waals surface area contributed by atoms with Crippen LogP contribution >= 0.6 is 23.1 Å². The molecule has 2 aromatic carbocycles. The maximum atomic E-state index is 12.0. The Hall–Kier alpha value is -2.38. The molecule has 0 aliphatic heterocycles. The first-order valence-corrected chi connectivity index (χ1v) is 12.5. The maximum Gasteiger partial charge on any atom is 0.316 e. The predicted molar refractivity (Wildman–Crippen MR) is 130 cm³/mol. The lowest BCUT2D eigenvalue weighted by atomic mass is 10.1. The maximum absolute atomic E-state index is 12.0. The number of carbonyl (C=O) groups excluding carboxylic acids is 1. The van der Waals surface area contributed by atoms with Gasteiger partial charge in [0.05, 0.1) is 28.3 Å². The van der Waals surface area contributed by atoms with Gasteiger partial charge in [-0.1, -0.05) is 62.9 Å². The van der Waals surface area contributed by atoms with Gasteiger partial charge in [0.1, 0.15) is 5.75 Å². The van der Waals surface area contributed by atoms with Gasteiger partial charge in [-0.3, -0.25) is 9.79 Å². The number of fused-ring (bicyclic) bond motifs is 1. The van der Waals surface area contributed by atoms with Crippen molar-refractivity contribution in [2.45, 2.75) is 49.8 Å². The average molecular weight is 457 g/mol. The Morgan fingerprint density at radius 1 is 1.16 bits per heavy atom. The minimum Gasteiger partial charge on any atom is -0.507 e. The Morgan fingerprint density at radius 3 is 2.81 bits per heavy atom. The molecule has 1 heterocycles. The van der Waals surface area contributed by atoms with E-state index in [4.69, 9.17) is 4.74 Å². The molecule has 7 heteroatoms. The monoisotopic (exact) mass is 456 g/mol. The highest BCUT2D eigenvalue weighted by Gasteiger charge is 2.09. The Kier molecular flexibility index (Phi) is 9.37. The lowest BCUT2D eigenvalue weighted by Crippen LogP contribution is -2.08. The summed E-state index contributed by atoms with van der Waals surface area (Å²) >= 11 is 2.95. The van der Waals surface area contributed by atoms with Crippen LogP contribution in [0.3, 0.4) is 0 Å². The number of aromatic hydroxyl groups is 1. The molecule has 31 heavy (non-hydrogen) atoms. The lowest BCUT2D eigenvalue weighted by molar-refractivity contribution is -0.140. The molecule has 0 fully saturated rings. The molecule has 5 nitrogen and oxygen atoms in total.